The van der Waals surface area contributed by atoms with Crippen LogP contribution in [0.4, 0.5) is 20.7 Å². The van der Waals surface area contributed by atoms with E-state index in [9.17, 15) is 8.78 Å². The molecule has 1 aromatic carbocycles. The number of hydrogen-bond acceptors (Lipinski definition) is 6. The van der Waals surface area contributed by atoms with Crippen molar-refractivity contribution in [1.29, 1.82) is 0 Å². The Hall–Kier alpha value is -2.51. The molecule has 6 nitrogen and oxygen atoms in total. The summed E-state index contributed by atoms with van der Waals surface area (Å²) in [6.45, 7) is 0.0101. The van der Waals surface area contributed by atoms with Gasteiger partial charge in [0, 0.05) is 12.1 Å². The first-order valence-corrected chi connectivity index (χ1v) is 5.32. The fourth-order valence-electron chi connectivity index (χ4n) is 1.40. The van der Waals surface area contributed by atoms with Gasteiger partial charge in [0.15, 0.2) is 0 Å². The van der Waals surface area contributed by atoms with Crippen LogP contribution in [0, 0.1) is 11.6 Å². The topological polar surface area (TPSA) is 86.0 Å². The summed E-state index contributed by atoms with van der Waals surface area (Å²) in [7, 11) is 1.38. The van der Waals surface area contributed by atoms with Gasteiger partial charge < -0.3 is 15.8 Å². The van der Waals surface area contributed by atoms with Crippen molar-refractivity contribution in [2.24, 2.45) is 0 Å². The number of nitrogens with zero attached hydrogens (tertiary/aromatic N) is 3. The minimum atomic E-state index is -0.525. The Bertz CT molecular complexity index is 593. The molecule has 0 aliphatic rings. The molecule has 0 saturated carbocycles. The molecule has 0 bridgehead atoms. The number of aromatic nitrogens is 3. The van der Waals surface area contributed by atoms with E-state index in [0.29, 0.717) is 0 Å². The van der Waals surface area contributed by atoms with Gasteiger partial charge in [0.05, 0.1) is 7.11 Å². The average Bonchev–Trinajstić information content (AvgIpc) is 2.39. The van der Waals surface area contributed by atoms with Gasteiger partial charge in [0.25, 0.3) is 0 Å². The summed E-state index contributed by atoms with van der Waals surface area (Å²) in [5, 5.41) is 2.72. The standard InChI is InChI=1S/C11H11F2N5O/c1-19-11-17-9(14)16-10(18-11)15-5-6-4-7(12)2-3-8(6)13/h2-4H,5H2,1H3,(H3,14,15,16,17,18). The first kappa shape index (κ1) is 12.9. The van der Waals surface area contributed by atoms with Gasteiger partial charge in [-0.2, -0.15) is 15.0 Å². The van der Waals surface area contributed by atoms with Crippen LogP contribution in [-0.2, 0) is 6.54 Å². The number of nitrogens with one attached hydrogen (secondary N) is 1. The van der Waals surface area contributed by atoms with Crippen LogP contribution in [0.5, 0.6) is 6.01 Å². The third-order valence-electron chi connectivity index (χ3n) is 2.26. The van der Waals surface area contributed by atoms with Gasteiger partial charge in [-0.1, -0.05) is 0 Å². The van der Waals surface area contributed by atoms with Gasteiger partial charge in [-0.05, 0) is 18.2 Å². The van der Waals surface area contributed by atoms with Crippen molar-refractivity contribution in [3.05, 3.63) is 35.4 Å². The van der Waals surface area contributed by atoms with Crippen LogP contribution >= 0.6 is 0 Å². The van der Waals surface area contributed by atoms with E-state index in [0.717, 1.165) is 18.2 Å². The molecule has 0 fully saturated rings. The maximum Gasteiger partial charge on any atom is 0.322 e. The largest absolute Gasteiger partial charge is 0.467 e. The summed E-state index contributed by atoms with van der Waals surface area (Å²) in [6, 6.07) is 3.22. The number of anilines is 2. The first-order valence-electron chi connectivity index (χ1n) is 5.32. The minimum Gasteiger partial charge on any atom is -0.467 e. The lowest BCUT2D eigenvalue weighted by Crippen LogP contribution is -2.09. The zero-order chi connectivity index (χ0) is 13.8. The second kappa shape index (κ2) is 5.42. The average molecular weight is 267 g/mol. The Morgan fingerprint density at radius 3 is 2.79 bits per heavy atom. The van der Waals surface area contributed by atoms with Gasteiger partial charge in [0.1, 0.15) is 11.6 Å². The molecule has 8 heteroatoms. The molecule has 0 spiro atoms. The fraction of sp³-hybridized carbons (Fsp3) is 0.182. The normalized spacial score (nSPS) is 10.3. The molecule has 100 valence electrons. The van der Waals surface area contributed by atoms with Gasteiger partial charge >= 0.3 is 6.01 Å². The summed E-state index contributed by atoms with van der Waals surface area (Å²) in [5.41, 5.74) is 5.59. The number of methoxy groups -OCH3 is 1. The van der Waals surface area contributed by atoms with Crippen molar-refractivity contribution < 1.29 is 13.5 Å². The molecule has 0 amide bonds. The molecule has 0 unspecified atom stereocenters. The summed E-state index contributed by atoms with van der Waals surface area (Å²) in [4.78, 5) is 11.4. The van der Waals surface area contributed by atoms with Crippen LogP contribution in [0.25, 0.3) is 0 Å². The zero-order valence-electron chi connectivity index (χ0n) is 10.0. The molecular weight excluding hydrogens is 256 g/mol. The number of nitrogen functional groups attached to an aromatic ring is 1. The monoisotopic (exact) mass is 267 g/mol. The predicted octanol–water partition coefficient (Wildman–Crippen LogP) is 1.35. The van der Waals surface area contributed by atoms with Crippen LogP contribution in [-0.4, -0.2) is 22.1 Å². The highest BCUT2D eigenvalue weighted by atomic mass is 19.1. The molecule has 0 aliphatic heterocycles. The highest BCUT2D eigenvalue weighted by Gasteiger charge is 2.07. The van der Waals surface area contributed by atoms with E-state index in [-0.39, 0.29) is 30.0 Å². The summed E-state index contributed by atoms with van der Waals surface area (Å²) in [6.07, 6.45) is 0. The van der Waals surface area contributed by atoms with Crippen molar-refractivity contribution in [3.63, 3.8) is 0 Å². The summed E-state index contributed by atoms with van der Waals surface area (Å²) < 4.78 is 31.2. The van der Waals surface area contributed by atoms with E-state index < -0.39 is 11.6 Å². The number of benzene rings is 1. The number of nitrogens with two attached hydrogens (primary N) is 1. The summed E-state index contributed by atoms with van der Waals surface area (Å²) in [5.74, 6) is -0.962. The number of rotatable bonds is 4. The van der Waals surface area contributed by atoms with E-state index in [1.807, 2.05) is 0 Å². The highest BCUT2D eigenvalue weighted by molar-refractivity contribution is 5.34. The lowest BCUT2D eigenvalue weighted by molar-refractivity contribution is 0.379. The number of ether oxygens (including phenoxy) is 1. The smallest absolute Gasteiger partial charge is 0.322 e. The van der Waals surface area contributed by atoms with Gasteiger partial charge in [-0.25, -0.2) is 8.78 Å². The summed E-state index contributed by atoms with van der Waals surface area (Å²) >= 11 is 0. The van der Waals surface area contributed by atoms with Crippen molar-refractivity contribution in [2.45, 2.75) is 6.54 Å². The quantitative estimate of drug-likeness (QED) is 0.869. The Labute approximate surface area is 107 Å². The molecule has 0 atom stereocenters. The molecule has 0 saturated heterocycles. The third kappa shape index (κ3) is 3.24. The lowest BCUT2D eigenvalue weighted by Gasteiger charge is -2.07. The second-order valence-electron chi connectivity index (χ2n) is 3.59. The maximum absolute atomic E-state index is 13.4. The fourth-order valence-corrected chi connectivity index (χ4v) is 1.40. The maximum atomic E-state index is 13.4. The molecule has 0 aliphatic carbocycles. The first-order chi connectivity index (χ1) is 9.08. The zero-order valence-corrected chi connectivity index (χ0v) is 10.0. The SMILES string of the molecule is COc1nc(N)nc(NCc2cc(F)ccc2F)n1. The van der Waals surface area contributed by atoms with Crippen molar-refractivity contribution >= 4 is 11.9 Å². The van der Waals surface area contributed by atoms with Crippen LogP contribution in [0.15, 0.2) is 18.2 Å². The Balaban J connectivity index is 2.14. The molecule has 0 radical (unpaired) electrons. The Morgan fingerprint density at radius 1 is 1.26 bits per heavy atom. The second-order valence-corrected chi connectivity index (χ2v) is 3.59. The molecule has 2 aromatic rings. The van der Waals surface area contributed by atoms with Crippen molar-refractivity contribution in [1.82, 2.24) is 15.0 Å². The van der Waals surface area contributed by atoms with Crippen LogP contribution < -0.4 is 15.8 Å². The molecule has 1 heterocycles. The molecule has 19 heavy (non-hydrogen) atoms. The highest BCUT2D eigenvalue weighted by Crippen LogP contribution is 2.13. The van der Waals surface area contributed by atoms with Gasteiger partial charge in [-0.3, -0.25) is 0 Å². The van der Waals surface area contributed by atoms with E-state index in [2.05, 4.69) is 20.3 Å². The van der Waals surface area contributed by atoms with E-state index >= 15 is 0 Å². The predicted molar refractivity (Wildman–Crippen MR) is 64.5 cm³/mol. The van der Waals surface area contributed by atoms with Gasteiger partial charge in [-0.15, -0.1) is 0 Å². The number of halogens is 2. The molecular formula is C11H11F2N5O. The van der Waals surface area contributed by atoms with E-state index in [1.165, 1.54) is 7.11 Å². The van der Waals surface area contributed by atoms with Crippen molar-refractivity contribution in [2.75, 3.05) is 18.2 Å². The molecule has 3 N–H and O–H groups in total. The van der Waals surface area contributed by atoms with Crippen LogP contribution in [0.3, 0.4) is 0 Å². The molecule has 2 rings (SSSR count). The van der Waals surface area contributed by atoms with E-state index in [1.54, 1.807) is 0 Å². The Kier molecular flexibility index (Phi) is 3.69. The van der Waals surface area contributed by atoms with Gasteiger partial charge in [0.2, 0.25) is 11.9 Å². The van der Waals surface area contributed by atoms with Crippen LogP contribution in [0.2, 0.25) is 0 Å². The molecule has 1 aromatic heterocycles. The van der Waals surface area contributed by atoms with Crippen LogP contribution in [0.1, 0.15) is 5.56 Å². The minimum absolute atomic E-state index is 0.0101. The van der Waals surface area contributed by atoms with Crippen molar-refractivity contribution in [3.8, 4) is 6.01 Å². The Morgan fingerprint density at radius 2 is 2.05 bits per heavy atom. The number of hydrogen-bond donors (Lipinski definition) is 2. The third-order valence-corrected chi connectivity index (χ3v) is 2.26. The lowest BCUT2D eigenvalue weighted by atomic mass is 10.2. The van der Waals surface area contributed by atoms with E-state index in [4.69, 9.17) is 10.5 Å².